The van der Waals surface area contributed by atoms with Crippen molar-refractivity contribution in [3.8, 4) is 5.88 Å². The molecule has 1 aromatic heterocycles. The van der Waals surface area contributed by atoms with E-state index in [0.29, 0.717) is 37.1 Å². The summed E-state index contributed by atoms with van der Waals surface area (Å²) in [5.74, 6) is 0.799. The zero-order chi connectivity index (χ0) is 17.2. The highest BCUT2D eigenvalue weighted by Gasteiger charge is 2.20. The summed E-state index contributed by atoms with van der Waals surface area (Å²) in [6.45, 7) is 7.21. The average molecular weight is 335 g/mol. The highest BCUT2D eigenvalue weighted by atomic mass is 16.5. The Labute approximate surface area is 144 Å². The number of aromatic nitrogens is 1. The third kappa shape index (κ3) is 5.76. The van der Waals surface area contributed by atoms with E-state index in [1.165, 1.54) is 13.0 Å². The smallest absolute Gasteiger partial charge is 0.256 e. The lowest BCUT2D eigenvalue weighted by molar-refractivity contribution is 0.0927. The number of carbonyl (C=O) groups excluding carboxylic acids is 1. The standard InChI is InChI=1S/C18H29N3O3/c1-3-9-21-10-6-15(7-11-21)14-20-17(22)16-5-4-8-19-18(16)24-13-12-23-2/h4-5,8,15H,3,6-7,9-14H2,1-2H3,(H,20,22). The van der Waals surface area contributed by atoms with Crippen molar-refractivity contribution in [2.24, 2.45) is 5.92 Å². The second kappa shape index (κ2) is 10.3. The minimum atomic E-state index is -0.119. The molecule has 134 valence electrons. The fourth-order valence-electron chi connectivity index (χ4n) is 2.96. The molecule has 0 radical (unpaired) electrons. The van der Waals surface area contributed by atoms with Crippen molar-refractivity contribution >= 4 is 5.91 Å². The van der Waals surface area contributed by atoms with Crippen molar-refractivity contribution in [2.75, 3.05) is 46.5 Å². The number of piperidine rings is 1. The number of nitrogens with zero attached hydrogens (tertiary/aromatic N) is 2. The Morgan fingerprint density at radius 3 is 2.88 bits per heavy atom. The van der Waals surface area contributed by atoms with Gasteiger partial charge < -0.3 is 19.7 Å². The van der Waals surface area contributed by atoms with Crippen molar-refractivity contribution in [3.63, 3.8) is 0 Å². The monoisotopic (exact) mass is 335 g/mol. The van der Waals surface area contributed by atoms with Crippen LogP contribution in [-0.4, -0.2) is 62.3 Å². The van der Waals surface area contributed by atoms with Crippen LogP contribution in [0.2, 0.25) is 0 Å². The Morgan fingerprint density at radius 2 is 2.17 bits per heavy atom. The molecule has 6 heteroatoms. The Balaban J connectivity index is 1.80. The number of nitrogens with one attached hydrogen (secondary N) is 1. The molecule has 0 bridgehead atoms. The van der Waals surface area contributed by atoms with E-state index >= 15 is 0 Å². The van der Waals surface area contributed by atoms with Gasteiger partial charge in [0.05, 0.1) is 6.61 Å². The van der Waals surface area contributed by atoms with Crippen LogP contribution in [0.15, 0.2) is 18.3 Å². The molecule has 0 spiro atoms. The van der Waals surface area contributed by atoms with E-state index in [9.17, 15) is 4.79 Å². The predicted molar refractivity (Wildman–Crippen MR) is 93.4 cm³/mol. The highest BCUT2D eigenvalue weighted by molar-refractivity contribution is 5.96. The summed E-state index contributed by atoms with van der Waals surface area (Å²) in [6.07, 6.45) is 5.12. The maximum absolute atomic E-state index is 12.4. The first-order valence-electron chi connectivity index (χ1n) is 8.82. The summed E-state index contributed by atoms with van der Waals surface area (Å²) in [5, 5.41) is 3.04. The molecule has 24 heavy (non-hydrogen) atoms. The summed E-state index contributed by atoms with van der Waals surface area (Å²) in [7, 11) is 1.61. The third-order valence-corrected chi connectivity index (χ3v) is 4.34. The van der Waals surface area contributed by atoms with Crippen LogP contribution in [-0.2, 0) is 4.74 Å². The molecular formula is C18H29N3O3. The van der Waals surface area contributed by atoms with Gasteiger partial charge in [-0.1, -0.05) is 6.92 Å². The van der Waals surface area contributed by atoms with E-state index in [1.807, 2.05) is 0 Å². The molecule has 2 rings (SSSR count). The van der Waals surface area contributed by atoms with Gasteiger partial charge in [0.15, 0.2) is 0 Å². The van der Waals surface area contributed by atoms with Gasteiger partial charge in [0.2, 0.25) is 5.88 Å². The molecule has 1 saturated heterocycles. The van der Waals surface area contributed by atoms with Gasteiger partial charge in [-0.2, -0.15) is 0 Å². The largest absolute Gasteiger partial charge is 0.475 e. The van der Waals surface area contributed by atoms with Crippen LogP contribution < -0.4 is 10.1 Å². The molecule has 1 aromatic rings. The summed E-state index contributed by atoms with van der Waals surface area (Å²) in [6, 6.07) is 3.50. The van der Waals surface area contributed by atoms with Crippen LogP contribution >= 0.6 is 0 Å². The lowest BCUT2D eigenvalue weighted by Gasteiger charge is -2.31. The molecule has 0 unspecified atom stereocenters. The topological polar surface area (TPSA) is 63.7 Å². The number of pyridine rings is 1. The van der Waals surface area contributed by atoms with Gasteiger partial charge in [-0.05, 0) is 56.9 Å². The molecule has 6 nitrogen and oxygen atoms in total. The summed E-state index contributed by atoms with van der Waals surface area (Å²) < 4.78 is 10.5. The van der Waals surface area contributed by atoms with Crippen molar-refractivity contribution in [3.05, 3.63) is 23.9 Å². The normalized spacial score (nSPS) is 16.1. The molecule has 1 amide bonds. The van der Waals surface area contributed by atoms with Crippen molar-refractivity contribution in [2.45, 2.75) is 26.2 Å². The average Bonchev–Trinajstić information content (AvgIpc) is 2.62. The van der Waals surface area contributed by atoms with E-state index in [1.54, 1.807) is 25.4 Å². The van der Waals surface area contributed by atoms with Gasteiger partial charge in [-0.15, -0.1) is 0 Å². The van der Waals surface area contributed by atoms with Crippen LogP contribution in [0.4, 0.5) is 0 Å². The highest BCUT2D eigenvalue weighted by Crippen LogP contribution is 2.18. The number of rotatable bonds is 9. The molecule has 2 heterocycles. The molecule has 0 saturated carbocycles. The van der Waals surface area contributed by atoms with Crippen LogP contribution in [0.1, 0.15) is 36.5 Å². The Morgan fingerprint density at radius 1 is 1.38 bits per heavy atom. The Kier molecular flexibility index (Phi) is 7.98. The number of ether oxygens (including phenoxy) is 2. The summed E-state index contributed by atoms with van der Waals surface area (Å²) in [4.78, 5) is 19.1. The number of carbonyl (C=O) groups is 1. The van der Waals surface area contributed by atoms with Crippen LogP contribution in [0.25, 0.3) is 0 Å². The van der Waals surface area contributed by atoms with Gasteiger partial charge in [0.1, 0.15) is 12.2 Å². The second-order valence-electron chi connectivity index (χ2n) is 6.19. The molecule has 0 atom stereocenters. The lowest BCUT2D eigenvalue weighted by atomic mass is 9.96. The van der Waals surface area contributed by atoms with E-state index in [2.05, 4.69) is 22.1 Å². The van der Waals surface area contributed by atoms with Gasteiger partial charge in [0, 0.05) is 19.9 Å². The number of amides is 1. The van der Waals surface area contributed by atoms with E-state index in [-0.39, 0.29) is 5.91 Å². The zero-order valence-corrected chi connectivity index (χ0v) is 14.8. The summed E-state index contributed by atoms with van der Waals surface area (Å²) in [5.41, 5.74) is 0.483. The van der Waals surface area contributed by atoms with Gasteiger partial charge in [-0.25, -0.2) is 4.98 Å². The van der Waals surface area contributed by atoms with Gasteiger partial charge in [-0.3, -0.25) is 4.79 Å². The number of hydrogen-bond acceptors (Lipinski definition) is 5. The Bertz CT molecular complexity index is 502. The minimum Gasteiger partial charge on any atom is -0.475 e. The van der Waals surface area contributed by atoms with Crippen LogP contribution in [0, 0.1) is 5.92 Å². The first-order valence-corrected chi connectivity index (χ1v) is 8.82. The van der Waals surface area contributed by atoms with Crippen LogP contribution in [0.5, 0.6) is 5.88 Å². The van der Waals surface area contributed by atoms with E-state index < -0.39 is 0 Å². The fourth-order valence-corrected chi connectivity index (χ4v) is 2.96. The SMILES string of the molecule is CCCN1CCC(CNC(=O)c2cccnc2OCCOC)CC1. The fraction of sp³-hybridized carbons (Fsp3) is 0.667. The van der Waals surface area contributed by atoms with Crippen molar-refractivity contribution < 1.29 is 14.3 Å². The molecule has 0 aromatic carbocycles. The third-order valence-electron chi connectivity index (χ3n) is 4.34. The molecule has 1 aliphatic rings. The molecule has 0 aliphatic carbocycles. The van der Waals surface area contributed by atoms with Crippen LogP contribution in [0.3, 0.4) is 0 Å². The Hall–Kier alpha value is -1.66. The quantitative estimate of drug-likeness (QED) is 0.699. The molecule has 1 aliphatic heterocycles. The van der Waals surface area contributed by atoms with E-state index in [4.69, 9.17) is 9.47 Å². The van der Waals surface area contributed by atoms with E-state index in [0.717, 1.165) is 25.9 Å². The first kappa shape index (κ1) is 18.7. The number of hydrogen-bond donors (Lipinski definition) is 1. The maximum Gasteiger partial charge on any atom is 0.256 e. The number of methoxy groups -OCH3 is 1. The van der Waals surface area contributed by atoms with Gasteiger partial charge in [0.25, 0.3) is 5.91 Å². The van der Waals surface area contributed by atoms with Crippen molar-refractivity contribution in [1.29, 1.82) is 0 Å². The van der Waals surface area contributed by atoms with Gasteiger partial charge >= 0.3 is 0 Å². The number of likely N-dealkylation sites (tertiary alicyclic amines) is 1. The summed E-state index contributed by atoms with van der Waals surface area (Å²) >= 11 is 0. The second-order valence-corrected chi connectivity index (χ2v) is 6.19. The molecular weight excluding hydrogens is 306 g/mol. The molecule has 1 fully saturated rings. The lowest BCUT2D eigenvalue weighted by Crippen LogP contribution is -2.39. The first-order chi connectivity index (χ1) is 11.7. The zero-order valence-electron chi connectivity index (χ0n) is 14.8. The molecule has 1 N–H and O–H groups in total. The minimum absolute atomic E-state index is 0.119. The predicted octanol–water partition coefficient (Wildman–Crippen LogP) is 1.96. The maximum atomic E-state index is 12.4. The van der Waals surface area contributed by atoms with Crippen molar-refractivity contribution in [1.82, 2.24) is 15.2 Å².